The molecule has 2 bridgehead atoms. The third-order valence-corrected chi connectivity index (χ3v) is 4.20. The van der Waals surface area contributed by atoms with Gasteiger partial charge in [0.25, 0.3) is 0 Å². The Morgan fingerprint density at radius 1 is 1.27 bits per heavy atom. The van der Waals surface area contributed by atoms with E-state index in [0.717, 1.165) is 24.3 Å². The van der Waals surface area contributed by atoms with Gasteiger partial charge < -0.3 is 5.11 Å². The standard InChI is InChI=1S/C8H12O2S/c9-8(10)7-5-1-2-6(7)4-11-3-5/h5-7H,1-4H2,(H,9,10). The average Bonchev–Trinajstić information content (AvgIpc) is 2.23. The molecule has 0 amide bonds. The molecule has 0 aromatic rings. The van der Waals surface area contributed by atoms with Crippen LogP contribution in [0.5, 0.6) is 0 Å². The molecule has 1 saturated heterocycles. The maximum absolute atomic E-state index is 10.8. The van der Waals surface area contributed by atoms with Crippen molar-refractivity contribution in [1.82, 2.24) is 0 Å². The van der Waals surface area contributed by atoms with Crippen LogP contribution in [0, 0.1) is 17.8 Å². The normalized spacial score (nSPS) is 42.4. The van der Waals surface area contributed by atoms with E-state index in [1.165, 1.54) is 0 Å². The maximum Gasteiger partial charge on any atom is 0.307 e. The molecule has 0 aromatic carbocycles. The maximum atomic E-state index is 10.8. The summed E-state index contributed by atoms with van der Waals surface area (Å²) in [5, 5.41) is 8.91. The van der Waals surface area contributed by atoms with Gasteiger partial charge in [-0.15, -0.1) is 0 Å². The fourth-order valence-corrected chi connectivity index (χ4v) is 3.81. The third kappa shape index (κ3) is 1.15. The fraction of sp³-hybridized carbons (Fsp3) is 0.875. The number of carboxylic acids is 1. The van der Waals surface area contributed by atoms with Crippen LogP contribution in [0.15, 0.2) is 0 Å². The molecular formula is C8H12O2S. The summed E-state index contributed by atoms with van der Waals surface area (Å²) in [6.45, 7) is 0. The van der Waals surface area contributed by atoms with Gasteiger partial charge in [-0.25, -0.2) is 0 Å². The molecular weight excluding hydrogens is 160 g/mol. The molecule has 0 aromatic heterocycles. The van der Waals surface area contributed by atoms with Crippen LogP contribution in [-0.4, -0.2) is 22.6 Å². The molecule has 11 heavy (non-hydrogen) atoms. The number of fused-ring (bicyclic) bond motifs is 2. The van der Waals surface area contributed by atoms with Gasteiger partial charge in [0.2, 0.25) is 0 Å². The molecule has 3 heteroatoms. The molecule has 2 aliphatic rings. The van der Waals surface area contributed by atoms with E-state index in [1.54, 1.807) is 0 Å². The number of carboxylic acid groups (broad SMARTS) is 1. The minimum absolute atomic E-state index is 0.00347. The quantitative estimate of drug-likeness (QED) is 0.650. The topological polar surface area (TPSA) is 37.3 Å². The second kappa shape index (κ2) is 2.70. The molecule has 1 aliphatic heterocycles. The molecule has 2 nitrogen and oxygen atoms in total. The molecule has 1 heterocycles. The van der Waals surface area contributed by atoms with Gasteiger partial charge in [-0.2, -0.15) is 11.8 Å². The Kier molecular flexibility index (Phi) is 1.83. The van der Waals surface area contributed by atoms with Crippen LogP contribution in [0.2, 0.25) is 0 Å². The number of hydrogen-bond donors (Lipinski definition) is 1. The van der Waals surface area contributed by atoms with E-state index in [2.05, 4.69) is 0 Å². The molecule has 0 spiro atoms. The van der Waals surface area contributed by atoms with E-state index >= 15 is 0 Å². The van der Waals surface area contributed by atoms with Crippen molar-refractivity contribution < 1.29 is 9.90 Å². The number of hydrogen-bond acceptors (Lipinski definition) is 2. The highest BCUT2D eigenvalue weighted by molar-refractivity contribution is 7.99. The Labute approximate surface area is 70.4 Å². The highest BCUT2D eigenvalue weighted by atomic mass is 32.2. The highest BCUT2D eigenvalue weighted by Gasteiger charge is 2.43. The summed E-state index contributed by atoms with van der Waals surface area (Å²) in [7, 11) is 0. The molecule has 1 N–H and O–H groups in total. The lowest BCUT2D eigenvalue weighted by Gasteiger charge is -2.25. The summed E-state index contributed by atoms with van der Waals surface area (Å²) in [6, 6.07) is 0. The van der Waals surface area contributed by atoms with E-state index in [0.29, 0.717) is 11.8 Å². The van der Waals surface area contributed by atoms with Gasteiger partial charge in [-0.3, -0.25) is 4.79 Å². The van der Waals surface area contributed by atoms with Crippen LogP contribution in [0.4, 0.5) is 0 Å². The average molecular weight is 172 g/mol. The lowest BCUT2D eigenvalue weighted by molar-refractivity contribution is -0.144. The van der Waals surface area contributed by atoms with Crippen LogP contribution >= 0.6 is 11.8 Å². The van der Waals surface area contributed by atoms with Crippen molar-refractivity contribution in [3.63, 3.8) is 0 Å². The van der Waals surface area contributed by atoms with Gasteiger partial charge in [0, 0.05) is 0 Å². The van der Waals surface area contributed by atoms with Crippen molar-refractivity contribution >= 4 is 17.7 Å². The Hall–Kier alpha value is -0.180. The first kappa shape index (κ1) is 7.47. The van der Waals surface area contributed by atoms with Gasteiger partial charge in [0.1, 0.15) is 0 Å². The third-order valence-electron chi connectivity index (χ3n) is 2.87. The second-order valence-corrected chi connectivity index (χ2v) is 4.57. The second-order valence-electron chi connectivity index (χ2n) is 3.50. The zero-order chi connectivity index (χ0) is 7.84. The lowest BCUT2D eigenvalue weighted by atomic mass is 9.91. The summed E-state index contributed by atoms with van der Waals surface area (Å²) < 4.78 is 0. The Bertz CT molecular complexity index is 165. The van der Waals surface area contributed by atoms with Gasteiger partial charge in [-0.05, 0) is 36.2 Å². The van der Waals surface area contributed by atoms with Crippen LogP contribution in [0.3, 0.4) is 0 Å². The van der Waals surface area contributed by atoms with E-state index in [4.69, 9.17) is 5.11 Å². The zero-order valence-electron chi connectivity index (χ0n) is 6.32. The number of rotatable bonds is 1. The Balaban J connectivity index is 2.15. The van der Waals surface area contributed by atoms with E-state index in [9.17, 15) is 4.79 Å². The summed E-state index contributed by atoms with van der Waals surface area (Å²) in [5.74, 6) is 2.56. The van der Waals surface area contributed by atoms with E-state index < -0.39 is 5.97 Å². The van der Waals surface area contributed by atoms with Crippen molar-refractivity contribution in [2.45, 2.75) is 12.8 Å². The van der Waals surface area contributed by atoms with Crippen molar-refractivity contribution in [1.29, 1.82) is 0 Å². The molecule has 1 aliphatic carbocycles. The summed E-state index contributed by atoms with van der Waals surface area (Å²) in [5.41, 5.74) is 0. The monoisotopic (exact) mass is 172 g/mol. The van der Waals surface area contributed by atoms with Gasteiger partial charge in [-0.1, -0.05) is 0 Å². The fourth-order valence-electron chi connectivity index (χ4n) is 2.32. The number of carbonyl (C=O) groups is 1. The molecule has 2 fully saturated rings. The summed E-state index contributed by atoms with van der Waals surface area (Å²) >= 11 is 1.93. The van der Waals surface area contributed by atoms with Gasteiger partial charge in [0.15, 0.2) is 0 Å². The van der Waals surface area contributed by atoms with Gasteiger partial charge in [0.05, 0.1) is 5.92 Å². The Morgan fingerprint density at radius 3 is 2.18 bits per heavy atom. The first-order chi connectivity index (χ1) is 5.29. The molecule has 0 radical (unpaired) electrons. The zero-order valence-corrected chi connectivity index (χ0v) is 7.14. The van der Waals surface area contributed by atoms with Crippen LogP contribution in [0.25, 0.3) is 0 Å². The van der Waals surface area contributed by atoms with Crippen molar-refractivity contribution in [3.8, 4) is 0 Å². The predicted molar refractivity (Wildman–Crippen MR) is 44.7 cm³/mol. The number of thioether (sulfide) groups is 1. The van der Waals surface area contributed by atoms with Crippen LogP contribution in [-0.2, 0) is 4.79 Å². The first-order valence-corrected chi connectivity index (χ1v) is 5.25. The predicted octanol–water partition coefficient (Wildman–Crippen LogP) is 1.46. The molecule has 2 atom stereocenters. The largest absolute Gasteiger partial charge is 0.481 e. The lowest BCUT2D eigenvalue weighted by Crippen LogP contribution is -2.30. The van der Waals surface area contributed by atoms with Crippen LogP contribution < -0.4 is 0 Å². The van der Waals surface area contributed by atoms with Crippen molar-refractivity contribution in [2.75, 3.05) is 11.5 Å². The smallest absolute Gasteiger partial charge is 0.307 e. The molecule has 1 saturated carbocycles. The summed E-state index contributed by atoms with van der Waals surface area (Å²) in [4.78, 5) is 10.8. The summed E-state index contributed by atoms with van der Waals surface area (Å²) in [6.07, 6.45) is 2.29. The first-order valence-electron chi connectivity index (χ1n) is 4.09. The van der Waals surface area contributed by atoms with E-state index in [-0.39, 0.29) is 5.92 Å². The SMILES string of the molecule is O=C(O)C1C2CCC1CSC2. The highest BCUT2D eigenvalue weighted by Crippen LogP contribution is 2.45. The van der Waals surface area contributed by atoms with Crippen LogP contribution in [0.1, 0.15) is 12.8 Å². The minimum atomic E-state index is -0.558. The van der Waals surface area contributed by atoms with E-state index in [1.807, 2.05) is 11.8 Å². The van der Waals surface area contributed by atoms with Gasteiger partial charge >= 0.3 is 5.97 Å². The number of aliphatic carboxylic acids is 1. The Morgan fingerprint density at radius 2 is 1.82 bits per heavy atom. The molecule has 2 unspecified atom stereocenters. The van der Waals surface area contributed by atoms with Crippen molar-refractivity contribution in [3.05, 3.63) is 0 Å². The molecule has 62 valence electrons. The minimum Gasteiger partial charge on any atom is -0.481 e. The van der Waals surface area contributed by atoms with Crippen molar-refractivity contribution in [2.24, 2.45) is 17.8 Å². The molecule has 2 rings (SSSR count).